The van der Waals surface area contributed by atoms with Crippen molar-refractivity contribution in [1.29, 1.82) is 0 Å². The van der Waals surface area contributed by atoms with Gasteiger partial charge in [0.05, 0.1) is 101 Å². The van der Waals surface area contributed by atoms with Gasteiger partial charge in [0.1, 0.15) is 23.5 Å². The number of aryl methyl sites for hydroxylation is 1. The number of hydrogen-bond donors (Lipinski definition) is 7. The maximum atomic E-state index is 15.0. The van der Waals surface area contributed by atoms with Crippen molar-refractivity contribution in [1.82, 2.24) is 44.8 Å². The van der Waals surface area contributed by atoms with Crippen LogP contribution < -0.4 is 20.9 Å². The van der Waals surface area contributed by atoms with Gasteiger partial charge in [-0.2, -0.15) is 0 Å². The van der Waals surface area contributed by atoms with Crippen LogP contribution in [0.25, 0.3) is 33.5 Å². The van der Waals surface area contributed by atoms with Gasteiger partial charge >= 0.3 is 23.9 Å². The molecule has 3 saturated heterocycles. The summed E-state index contributed by atoms with van der Waals surface area (Å²) in [5.74, 6) is -3.89. The summed E-state index contributed by atoms with van der Waals surface area (Å²) in [5.41, 5.74) is 11.9. The van der Waals surface area contributed by atoms with Crippen molar-refractivity contribution in [3.8, 4) is 22.5 Å². The standard InChI is InChI=1S/C58H82ClFN12O14.Lu/c1-40-32-41(34-43(60)33-40)45-36-63-57(54(55(45)71-10-6-44(61)7-11-71)56-64-46-3-2-42(59)35-47(46)65-56)72-22-20-70(21-23-72)50(74)8-24-83-26-28-85-30-31-86-29-27-84-25-9-62-49(73)5-4-48(58(81)82)69-18-16-67(38-52(77)78)14-12-66(37-51(75)76)13-15-68(17-19-69)39-53(79)80;/h2-3,32-36,44,48H,4-31,37-39,61H2,1H3,(H,62,73)(H,64,65)(H,75,76)(H,77,78)(H,79,80)(H,81,82);. The van der Waals surface area contributed by atoms with Crippen LogP contribution in [0.2, 0.25) is 5.02 Å². The number of nitrogens with two attached hydrogens (primary N) is 1. The van der Waals surface area contributed by atoms with E-state index in [1.54, 1.807) is 25.7 Å². The summed E-state index contributed by atoms with van der Waals surface area (Å²) in [6.07, 6.45) is 3.42. The summed E-state index contributed by atoms with van der Waals surface area (Å²) in [5, 5.41) is 42.0. The summed E-state index contributed by atoms with van der Waals surface area (Å²) in [6.45, 7) is 7.86. The van der Waals surface area contributed by atoms with Gasteiger partial charge in [-0.3, -0.25) is 48.4 Å². The number of piperidine rings is 1. The molecule has 0 bridgehead atoms. The molecule has 87 heavy (non-hydrogen) atoms. The number of piperazine rings is 1. The molecule has 3 fully saturated rings. The molecule has 487 valence electrons. The molecule has 7 rings (SSSR count). The summed E-state index contributed by atoms with van der Waals surface area (Å²) >= 11 is 6.41. The molecule has 1 atom stereocenters. The number of rotatable bonds is 30. The molecule has 0 aliphatic carbocycles. The van der Waals surface area contributed by atoms with Crippen molar-refractivity contribution >= 4 is 69.8 Å². The van der Waals surface area contributed by atoms with E-state index in [0.29, 0.717) is 87.9 Å². The Labute approximate surface area is 539 Å². The van der Waals surface area contributed by atoms with E-state index in [4.69, 9.17) is 46.3 Å². The number of hydrogen-bond acceptors (Lipinski definition) is 19. The van der Waals surface area contributed by atoms with Crippen LogP contribution in [-0.4, -0.2) is 278 Å². The van der Waals surface area contributed by atoms with Gasteiger partial charge in [-0.15, -0.1) is 0 Å². The number of aromatic nitrogens is 3. The topological polar surface area (TPSA) is 323 Å². The summed E-state index contributed by atoms with van der Waals surface area (Å²) in [4.78, 5) is 99.9. The van der Waals surface area contributed by atoms with E-state index < -0.39 is 35.8 Å². The van der Waals surface area contributed by atoms with Crippen molar-refractivity contribution in [3.63, 3.8) is 0 Å². The second kappa shape index (κ2) is 36.3. The molecule has 26 nitrogen and oxygen atoms in total. The number of H-pyrrole nitrogens is 1. The molecule has 5 heterocycles. The van der Waals surface area contributed by atoms with Crippen LogP contribution in [0.15, 0.2) is 42.6 Å². The van der Waals surface area contributed by atoms with Gasteiger partial charge in [0.25, 0.3) is 0 Å². The number of pyridine rings is 1. The maximum Gasteiger partial charge on any atom is 0.320 e. The minimum atomic E-state index is -1.18. The van der Waals surface area contributed by atoms with E-state index >= 15 is 4.39 Å². The van der Waals surface area contributed by atoms with Crippen molar-refractivity contribution in [3.05, 3.63) is 59.0 Å². The molecular formula is C58H82ClFLuN12O14. The third kappa shape index (κ3) is 22.8. The fourth-order valence-corrected chi connectivity index (χ4v) is 11.0. The van der Waals surface area contributed by atoms with Crippen LogP contribution >= 0.6 is 11.6 Å². The Morgan fingerprint density at radius 1 is 0.701 bits per heavy atom. The van der Waals surface area contributed by atoms with Crippen LogP contribution in [-0.2, 0) is 47.7 Å². The molecule has 3 aliphatic rings. The second-order valence-electron chi connectivity index (χ2n) is 21.7. The molecule has 1 unspecified atom stereocenters. The van der Waals surface area contributed by atoms with Gasteiger partial charge in [-0.25, -0.2) is 14.4 Å². The number of benzene rings is 2. The number of carboxylic acids is 4. The zero-order chi connectivity index (χ0) is 61.5. The molecule has 3 aliphatic heterocycles. The van der Waals surface area contributed by atoms with Gasteiger partial charge < -0.3 is 70.1 Å². The summed E-state index contributed by atoms with van der Waals surface area (Å²) in [7, 11) is 0. The number of ether oxygens (including phenoxy) is 4. The fourth-order valence-electron chi connectivity index (χ4n) is 10.8. The molecule has 8 N–H and O–H groups in total. The third-order valence-electron chi connectivity index (χ3n) is 15.3. The molecule has 0 spiro atoms. The molecule has 2 aromatic heterocycles. The van der Waals surface area contributed by atoms with Crippen LogP contribution in [0, 0.1) is 49.6 Å². The zero-order valence-electron chi connectivity index (χ0n) is 49.1. The van der Waals surface area contributed by atoms with Gasteiger partial charge in [-0.05, 0) is 67.6 Å². The minimum absolute atomic E-state index is 0. The normalized spacial score (nSPS) is 16.9. The largest absolute Gasteiger partial charge is 0.480 e. The van der Waals surface area contributed by atoms with Crippen molar-refractivity contribution in [2.45, 2.75) is 51.1 Å². The van der Waals surface area contributed by atoms with E-state index in [9.17, 15) is 49.2 Å². The Morgan fingerprint density at radius 3 is 1.80 bits per heavy atom. The first-order valence-electron chi connectivity index (χ1n) is 29.3. The quantitative estimate of drug-likeness (QED) is 0.0368. The number of aliphatic carboxylic acids is 4. The maximum absolute atomic E-state index is 15.0. The fraction of sp³-hybridized carbons (Fsp3) is 0.586. The first-order chi connectivity index (χ1) is 41.4. The molecule has 2 amide bonds. The van der Waals surface area contributed by atoms with Crippen molar-refractivity contribution in [2.75, 3.05) is 180 Å². The van der Waals surface area contributed by atoms with Crippen LogP contribution in [0.4, 0.5) is 15.9 Å². The smallest absolute Gasteiger partial charge is 0.320 e. The first-order valence-corrected chi connectivity index (χ1v) is 29.6. The third-order valence-corrected chi connectivity index (χ3v) is 15.6. The number of carbonyl (C=O) groups excluding carboxylic acids is 2. The van der Waals surface area contributed by atoms with Crippen molar-refractivity contribution in [2.24, 2.45) is 5.73 Å². The molecule has 2 aromatic carbocycles. The van der Waals surface area contributed by atoms with Crippen LogP contribution in [0.5, 0.6) is 0 Å². The Hall–Kier alpha value is -5.43. The zero-order valence-corrected chi connectivity index (χ0v) is 51.5. The van der Waals surface area contributed by atoms with E-state index in [-0.39, 0.29) is 179 Å². The second-order valence-corrected chi connectivity index (χ2v) is 22.1. The Balaban J connectivity index is 0.0000121. The number of nitrogens with one attached hydrogen (secondary N) is 2. The Morgan fingerprint density at radius 2 is 1.25 bits per heavy atom. The Kier molecular flexibility index (Phi) is 29.5. The van der Waals surface area contributed by atoms with Gasteiger partial charge in [0, 0.05) is 164 Å². The average Bonchev–Trinajstić information content (AvgIpc) is 1.78. The summed E-state index contributed by atoms with van der Waals surface area (Å²) < 4.78 is 37.5. The van der Waals surface area contributed by atoms with Gasteiger partial charge in [-0.1, -0.05) is 17.7 Å². The molecule has 0 saturated carbocycles. The predicted octanol–water partition coefficient (Wildman–Crippen LogP) is 2.25. The summed E-state index contributed by atoms with van der Waals surface area (Å²) in [6, 6.07) is 9.46. The number of carbonyl (C=O) groups is 6. The molecular weight excluding hydrogens is 1320 g/mol. The van der Waals surface area contributed by atoms with Crippen molar-refractivity contribution < 1.29 is 109 Å². The first kappa shape index (κ1) is 70.7. The number of amides is 2. The molecule has 4 aromatic rings. The number of aromatic amines is 1. The number of nitrogens with zero attached hydrogens (tertiary/aromatic N) is 9. The van der Waals surface area contributed by atoms with E-state index in [1.165, 1.54) is 12.1 Å². The van der Waals surface area contributed by atoms with Gasteiger partial charge in [0.2, 0.25) is 11.8 Å². The number of halogens is 2. The van der Waals surface area contributed by atoms with Gasteiger partial charge in [0.15, 0.2) is 0 Å². The predicted molar refractivity (Wildman–Crippen MR) is 318 cm³/mol. The Bertz CT molecular complexity index is 2850. The average molecular weight is 1400 g/mol. The monoisotopic (exact) mass is 1400 g/mol. The number of anilines is 2. The van der Waals surface area contributed by atoms with Crippen LogP contribution in [0.1, 0.15) is 37.7 Å². The molecule has 29 heteroatoms. The van der Waals surface area contributed by atoms with E-state index in [2.05, 4.69) is 20.1 Å². The van der Waals surface area contributed by atoms with E-state index in [0.717, 1.165) is 46.3 Å². The minimum Gasteiger partial charge on any atom is -0.480 e. The van der Waals surface area contributed by atoms with E-state index in [1.807, 2.05) is 36.2 Å². The van der Waals surface area contributed by atoms with Crippen LogP contribution in [0.3, 0.4) is 0 Å². The SMILES string of the molecule is Cc1cc(F)cc(-c2cnc(N3CCN(C(=O)CCOCCOCCOCCOCCNC(=O)CCC(C(=O)O)N4CCN(CC(=O)O)CCN(CC(=O)O)CCN(CC(=O)O)CC4)CC3)c(-c3nc4ccc(Cl)cc4[nH]3)c2N2CCC(N)CC2)c1.[Lu]. The number of carboxylic acid groups (broad SMARTS) is 4. The molecule has 1 radical (unpaired) electrons. The number of imidazole rings is 1. The number of fused-ring (bicyclic) bond motifs is 1.